The van der Waals surface area contributed by atoms with Crippen LogP contribution >= 0.6 is 15.9 Å². The van der Waals surface area contributed by atoms with E-state index in [0.717, 1.165) is 0 Å². The molecule has 0 bridgehead atoms. The number of hydrogen-bond donors (Lipinski definition) is 1. The van der Waals surface area contributed by atoms with Crippen LogP contribution in [0, 0.1) is 0 Å². The van der Waals surface area contributed by atoms with Crippen molar-refractivity contribution >= 4 is 33.8 Å². The summed E-state index contributed by atoms with van der Waals surface area (Å²) >= 11 is 3.10. The predicted octanol–water partition coefficient (Wildman–Crippen LogP) is 1.37. The molecule has 0 radical (unpaired) electrons. The lowest BCUT2D eigenvalue weighted by molar-refractivity contribution is -0.114. The Hall–Kier alpha value is -1.50. The molecule has 86 valence electrons. The summed E-state index contributed by atoms with van der Waals surface area (Å²) in [6, 6.07) is 0. The van der Waals surface area contributed by atoms with Gasteiger partial charge in [-0.3, -0.25) is 10.1 Å². The van der Waals surface area contributed by atoms with Gasteiger partial charge in [0.25, 0.3) is 0 Å². The van der Waals surface area contributed by atoms with Crippen LogP contribution < -0.4 is 5.32 Å². The van der Waals surface area contributed by atoms with Gasteiger partial charge < -0.3 is 4.74 Å². The van der Waals surface area contributed by atoms with Gasteiger partial charge in [0.05, 0.1) is 6.61 Å². The molecular weight excluding hydrogens is 278 g/mol. The maximum atomic E-state index is 11.4. The number of carbonyl (C=O) groups excluding carboxylic acids is 2. The summed E-state index contributed by atoms with van der Waals surface area (Å²) in [4.78, 5) is 29.8. The van der Waals surface area contributed by atoms with Crippen molar-refractivity contribution in [1.29, 1.82) is 0 Å². The van der Waals surface area contributed by atoms with Crippen molar-refractivity contribution in [2.45, 2.75) is 13.8 Å². The molecule has 0 aromatic carbocycles. The summed E-state index contributed by atoms with van der Waals surface area (Å²) in [6.45, 7) is 3.33. The van der Waals surface area contributed by atoms with E-state index in [4.69, 9.17) is 4.74 Å². The Balaban J connectivity index is 2.91. The van der Waals surface area contributed by atoms with E-state index < -0.39 is 5.97 Å². The molecule has 0 fully saturated rings. The highest BCUT2D eigenvalue weighted by Gasteiger charge is 2.13. The number of aromatic nitrogens is 2. The fourth-order valence-electron chi connectivity index (χ4n) is 0.924. The number of nitrogens with one attached hydrogen (secondary N) is 1. The summed E-state index contributed by atoms with van der Waals surface area (Å²) < 4.78 is 5.08. The van der Waals surface area contributed by atoms with Crippen LogP contribution in [0.1, 0.15) is 24.2 Å². The second-order valence-electron chi connectivity index (χ2n) is 2.80. The van der Waals surface area contributed by atoms with Crippen LogP contribution in [-0.4, -0.2) is 28.5 Å². The molecule has 0 aliphatic rings. The molecule has 1 heterocycles. The minimum atomic E-state index is -0.510. The quantitative estimate of drug-likeness (QED) is 0.671. The second-order valence-corrected chi connectivity index (χ2v) is 3.55. The monoisotopic (exact) mass is 287 g/mol. The molecule has 0 aliphatic heterocycles. The van der Waals surface area contributed by atoms with Crippen molar-refractivity contribution in [2.75, 3.05) is 11.9 Å². The molecule has 1 N–H and O–H groups in total. The lowest BCUT2D eigenvalue weighted by atomic mass is 10.3. The largest absolute Gasteiger partial charge is 0.462 e. The van der Waals surface area contributed by atoms with E-state index in [-0.39, 0.29) is 28.6 Å². The summed E-state index contributed by atoms with van der Waals surface area (Å²) in [7, 11) is 0. The van der Waals surface area contributed by atoms with Crippen molar-refractivity contribution in [3.05, 3.63) is 16.4 Å². The number of nitrogens with zero attached hydrogens (tertiary/aromatic N) is 2. The Morgan fingerprint density at radius 2 is 2.25 bits per heavy atom. The number of hydrogen-bond acceptors (Lipinski definition) is 5. The average molecular weight is 288 g/mol. The zero-order chi connectivity index (χ0) is 12.1. The molecule has 1 amide bonds. The number of halogens is 1. The van der Waals surface area contributed by atoms with E-state index in [1.807, 2.05) is 0 Å². The predicted molar refractivity (Wildman–Crippen MR) is 60.0 cm³/mol. The SMILES string of the molecule is CCOC(=O)c1cnc(NC(C)=O)nc1Br. The van der Waals surface area contributed by atoms with E-state index in [1.54, 1.807) is 6.92 Å². The molecular formula is C9H10BrN3O3. The highest BCUT2D eigenvalue weighted by molar-refractivity contribution is 9.10. The van der Waals surface area contributed by atoms with Gasteiger partial charge in [-0.15, -0.1) is 0 Å². The number of ether oxygens (including phenoxy) is 1. The van der Waals surface area contributed by atoms with Gasteiger partial charge in [-0.2, -0.15) is 0 Å². The minimum absolute atomic E-state index is 0.132. The Morgan fingerprint density at radius 1 is 1.56 bits per heavy atom. The smallest absolute Gasteiger partial charge is 0.342 e. The van der Waals surface area contributed by atoms with Crippen LogP contribution in [0.15, 0.2) is 10.8 Å². The normalized spacial score (nSPS) is 9.69. The first-order valence-electron chi connectivity index (χ1n) is 4.51. The first-order valence-corrected chi connectivity index (χ1v) is 5.31. The highest BCUT2D eigenvalue weighted by Crippen LogP contribution is 2.15. The van der Waals surface area contributed by atoms with Crippen molar-refractivity contribution in [2.24, 2.45) is 0 Å². The average Bonchev–Trinajstić information content (AvgIpc) is 2.16. The van der Waals surface area contributed by atoms with Gasteiger partial charge in [-0.25, -0.2) is 14.8 Å². The lowest BCUT2D eigenvalue weighted by Gasteiger charge is -2.05. The molecule has 0 unspecified atom stereocenters. The molecule has 0 spiro atoms. The first-order chi connectivity index (χ1) is 7.54. The third-order valence-electron chi connectivity index (χ3n) is 1.53. The molecule has 16 heavy (non-hydrogen) atoms. The number of rotatable bonds is 3. The van der Waals surface area contributed by atoms with Crippen LogP contribution in [0.25, 0.3) is 0 Å². The Bertz CT molecular complexity index is 422. The van der Waals surface area contributed by atoms with Gasteiger partial charge >= 0.3 is 5.97 Å². The fraction of sp³-hybridized carbons (Fsp3) is 0.333. The van der Waals surface area contributed by atoms with Crippen LogP contribution in [0.4, 0.5) is 5.95 Å². The lowest BCUT2D eigenvalue weighted by Crippen LogP contribution is -2.12. The maximum Gasteiger partial charge on any atom is 0.342 e. The van der Waals surface area contributed by atoms with Crippen molar-refractivity contribution in [3.63, 3.8) is 0 Å². The Kier molecular flexibility index (Phi) is 4.36. The van der Waals surface area contributed by atoms with Crippen molar-refractivity contribution in [3.8, 4) is 0 Å². The van der Waals surface area contributed by atoms with E-state index in [1.165, 1.54) is 13.1 Å². The van der Waals surface area contributed by atoms with E-state index in [0.29, 0.717) is 0 Å². The first kappa shape index (κ1) is 12.6. The van der Waals surface area contributed by atoms with Gasteiger partial charge in [0, 0.05) is 13.1 Å². The summed E-state index contributed by atoms with van der Waals surface area (Å²) in [5.41, 5.74) is 0.218. The van der Waals surface area contributed by atoms with Crippen LogP contribution in [-0.2, 0) is 9.53 Å². The van der Waals surface area contributed by atoms with Gasteiger partial charge in [-0.05, 0) is 22.9 Å². The third kappa shape index (κ3) is 3.27. The van der Waals surface area contributed by atoms with E-state index >= 15 is 0 Å². The van der Waals surface area contributed by atoms with Gasteiger partial charge in [-0.1, -0.05) is 0 Å². The van der Waals surface area contributed by atoms with Crippen LogP contribution in [0.2, 0.25) is 0 Å². The molecule has 0 aliphatic carbocycles. The van der Waals surface area contributed by atoms with E-state index in [2.05, 4.69) is 31.2 Å². The number of anilines is 1. The van der Waals surface area contributed by atoms with Crippen LogP contribution in [0.3, 0.4) is 0 Å². The molecule has 1 aromatic heterocycles. The molecule has 7 heteroatoms. The molecule has 0 atom stereocenters. The van der Waals surface area contributed by atoms with Crippen molar-refractivity contribution in [1.82, 2.24) is 9.97 Å². The van der Waals surface area contributed by atoms with Gasteiger partial charge in [0.1, 0.15) is 10.2 Å². The molecule has 1 rings (SSSR count). The number of esters is 1. The molecule has 6 nitrogen and oxygen atoms in total. The molecule has 0 saturated heterocycles. The number of carbonyl (C=O) groups is 2. The third-order valence-corrected chi connectivity index (χ3v) is 2.13. The summed E-state index contributed by atoms with van der Waals surface area (Å²) in [5.74, 6) is -0.660. The standard InChI is InChI=1S/C9H10BrN3O3/c1-3-16-8(15)6-4-11-9(12-5(2)14)13-7(6)10/h4H,3H2,1-2H3,(H,11,12,13,14). The maximum absolute atomic E-state index is 11.4. The van der Waals surface area contributed by atoms with Crippen LogP contribution in [0.5, 0.6) is 0 Å². The zero-order valence-corrected chi connectivity index (χ0v) is 10.4. The highest BCUT2D eigenvalue weighted by atomic mass is 79.9. The number of amides is 1. The molecule has 0 saturated carbocycles. The second kappa shape index (κ2) is 5.55. The molecule has 1 aromatic rings. The summed E-state index contributed by atoms with van der Waals surface area (Å²) in [6.07, 6.45) is 1.29. The van der Waals surface area contributed by atoms with Gasteiger partial charge in [0.15, 0.2) is 0 Å². The van der Waals surface area contributed by atoms with Crippen molar-refractivity contribution < 1.29 is 14.3 Å². The fourth-order valence-corrected chi connectivity index (χ4v) is 1.36. The Labute approximate surface area is 101 Å². The van der Waals surface area contributed by atoms with Gasteiger partial charge in [0.2, 0.25) is 11.9 Å². The van der Waals surface area contributed by atoms with E-state index in [9.17, 15) is 9.59 Å². The zero-order valence-electron chi connectivity index (χ0n) is 8.78. The summed E-state index contributed by atoms with van der Waals surface area (Å²) in [5, 5.41) is 2.40. The Morgan fingerprint density at radius 3 is 2.75 bits per heavy atom. The topological polar surface area (TPSA) is 81.2 Å². The minimum Gasteiger partial charge on any atom is -0.462 e.